The largest absolute Gasteiger partial charge is 0.465 e. The second-order valence-corrected chi connectivity index (χ2v) is 4.03. The summed E-state index contributed by atoms with van der Waals surface area (Å²) in [5.41, 5.74) is 1.41. The standard InChI is InChI=1S/C14H16N4O3/c1-4-18-9-12(8-16-18)10(2)13(14(19)21-3)11(7-15)5-6-17-20/h5-6,8-9,20H,4H2,1-3H3/b11-5-,13-10-,17-6+. The molecule has 0 fully saturated rings. The Kier molecular flexibility index (Phi) is 5.89. The van der Waals surface area contributed by atoms with Crippen molar-refractivity contribution < 1.29 is 14.7 Å². The van der Waals surface area contributed by atoms with E-state index in [4.69, 9.17) is 9.94 Å². The van der Waals surface area contributed by atoms with Crippen molar-refractivity contribution in [3.8, 4) is 6.07 Å². The topological polar surface area (TPSA) is 100 Å². The van der Waals surface area contributed by atoms with Crippen LogP contribution in [0.4, 0.5) is 0 Å². The zero-order chi connectivity index (χ0) is 15.8. The Balaban J connectivity index is 3.45. The van der Waals surface area contributed by atoms with E-state index in [9.17, 15) is 10.1 Å². The van der Waals surface area contributed by atoms with Gasteiger partial charge in [0.25, 0.3) is 0 Å². The molecule has 0 aliphatic rings. The molecule has 1 rings (SSSR count). The highest BCUT2D eigenvalue weighted by atomic mass is 16.5. The van der Waals surface area contributed by atoms with Crippen LogP contribution in [-0.2, 0) is 16.1 Å². The van der Waals surface area contributed by atoms with Gasteiger partial charge in [0.1, 0.15) is 6.07 Å². The zero-order valence-electron chi connectivity index (χ0n) is 12.1. The smallest absolute Gasteiger partial charge is 0.339 e. The number of allylic oxidation sites excluding steroid dienone is 2. The maximum Gasteiger partial charge on any atom is 0.339 e. The number of methoxy groups -OCH3 is 1. The van der Waals surface area contributed by atoms with E-state index in [0.29, 0.717) is 17.7 Å². The van der Waals surface area contributed by atoms with Crippen LogP contribution in [0, 0.1) is 11.3 Å². The van der Waals surface area contributed by atoms with Gasteiger partial charge in [0.05, 0.1) is 30.7 Å². The van der Waals surface area contributed by atoms with E-state index in [-0.39, 0.29) is 11.1 Å². The van der Waals surface area contributed by atoms with Crippen LogP contribution in [0.3, 0.4) is 0 Å². The van der Waals surface area contributed by atoms with Gasteiger partial charge in [0.2, 0.25) is 0 Å². The Labute approximate surface area is 122 Å². The minimum Gasteiger partial charge on any atom is -0.465 e. The van der Waals surface area contributed by atoms with Crippen LogP contribution in [-0.4, -0.2) is 34.3 Å². The zero-order valence-corrected chi connectivity index (χ0v) is 12.1. The van der Waals surface area contributed by atoms with Crippen molar-refractivity contribution in [3.63, 3.8) is 0 Å². The fourth-order valence-corrected chi connectivity index (χ4v) is 1.73. The lowest BCUT2D eigenvalue weighted by Gasteiger charge is -2.08. The average molecular weight is 288 g/mol. The number of nitrogens with zero attached hydrogens (tertiary/aromatic N) is 4. The molecular formula is C14H16N4O3. The highest BCUT2D eigenvalue weighted by Crippen LogP contribution is 2.24. The summed E-state index contributed by atoms with van der Waals surface area (Å²) in [6.07, 6.45) is 5.63. The lowest BCUT2D eigenvalue weighted by Crippen LogP contribution is -2.09. The Morgan fingerprint density at radius 1 is 1.67 bits per heavy atom. The third kappa shape index (κ3) is 3.79. The number of aryl methyl sites for hydroxylation is 1. The summed E-state index contributed by atoms with van der Waals surface area (Å²) < 4.78 is 6.43. The SMILES string of the molecule is CCn1cc(/C(C)=C(C(=O)OC)/C(C#N)=C\C=N\O)cn1. The number of esters is 1. The second kappa shape index (κ2) is 7.65. The first-order valence-corrected chi connectivity index (χ1v) is 6.19. The lowest BCUT2D eigenvalue weighted by atomic mass is 9.98. The van der Waals surface area contributed by atoms with Crippen LogP contribution in [0.15, 0.2) is 34.8 Å². The first kappa shape index (κ1) is 16.2. The van der Waals surface area contributed by atoms with Crippen LogP contribution >= 0.6 is 0 Å². The van der Waals surface area contributed by atoms with E-state index in [1.54, 1.807) is 24.0 Å². The molecule has 0 unspecified atom stereocenters. The maximum absolute atomic E-state index is 12.0. The van der Waals surface area contributed by atoms with Gasteiger partial charge in [-0.3, -0.25) is 4.68 Å². The van der Waals surface area contributed by atoms with Gasteiger partial charge in [-0.1, -0.05) is 5.16 Å². The normalized spacial score (nSPS) is 13.0. The highest BCUT2D eigenvalue weighted by Gasteiger charge is 2.20. The van der Waals surface area contributed by atoms with Gasteiger partial charge in [-0.05, 0) is 25.5 Å². The minimum atomic E-state index is -0.643. The number of nitriles is 1. The van der Waals surface area contributed by atoms with E-state index < -0.39 is 5.97 Å². The summed E-state index contributed by atoms with van der Waals surface area (Å²) in [5.74, 6) is -0.643. The predicted octanol–water partition coefficient (Wildman–Crippen LogP) is 1.76. The van der Waals surface area contributed by atoms with Gasteiger partial charge in [0, 0.05) is 18.3 Å². The van der Waals surface area contributed by atoms with Crippen molar-refractivity contribution >= 4 is 17.8 Å². The molecule has 7 heteroatoms. The fraction of sp³-hybridized carbons (Fsp3) is 0.286. The average Bonchev–Trinajstić information content (AvgIpc) is 2.99. The molecule has 0 spiro atoms. The summed E-state index contributed by atoms with van der Waals surface area (Å²) in [6, 6.07) is 1.90. The van der Waals surface area contributed by atoms with Crippen molar-refractivity contribution in [1.82, 2.24) is 9.78 Å². The van der Waals surface area contributed by atoms with E-state index in [1.165, 1.54) is 13.2 Å². The molecule has 0 saturated heterocycles. The predicted molar refractivity (Wildman–Crippen MR) is 76.5 cm³/mol. The molecule has 0 atom stereocenters. The summed E-state index contributed by atoms with van der Waals surface area (Å²) in [5, 5.41) is 24.6. The van der Waals surface area contributed by atoms with E-state index >= 15 is 0 Å². The number of ether oxygens (including phenoxy) is 1. The first-order valence-electron chi connectivity index (χ1n) is 6.19. The van der Waals surface area contributed by atoms with Crippen LogP contribution in [0.5, 0.6) is 0 Å². The van der Waals surface area contributed by atoms with E-state index in [0.717, 1.165) is 6.21 Å². The van der Waals surface area contributed by atoms with Gasteiger partial charge in [-0.2, -0.15) is 10.4 Å². The molecule has 1 aromatic heterocycles. The highest BCUT2D eigenvalue weighted by molar-refractivity contribution is 6.04. The molecule has 1 N–H and O–H groups in total. The van der Waals surface area contributed by atoms with Gasteiger partial charge in [-0.15, -0.1) is 0 Å². The van der Waals surface area contributed by atoms with Crippen LogP contribution in [0.2, 0.25) is 0 Å². The molecular weight excluding hydrogens is 272 g/mol. The molecule has 0 saturated carbocycles. The molecule has 0 radical (unpaired) electrons. The summed E-state index contributed by atoms with van der Waals surface area (Å²) in [6.45, 7) is 4.33. The summed E-state index contributed by atoms with van der Waals surface area (Å²) in [4.78, 5) is 12.0. The van der Waals surface area contributed by atoms with Crippen LogP contribution in [0.25, 0.3) is 5.57 Å². The van der Waals surface area contributed by atoms with Crippen molar-refractivity contribution in [2.24, 2.45) is 5.16 Å². The van der Waals surface area contributed by atoms with Crippen molar-refractivity contribution in [2.45, 2.75) is 20.4 Å². The molecule has 0 aliphatic heterocycles. The molecule has 21 heavy (non-hydrogen) atoms. The number of rotatable bonds is 5. The fourth-order valence-electron chi connectivity index (χ4n) is 1.73. The molecule has 0 aromatic carbocycles. The first-order chi connectivity index (χ1) is 10.1. The minimum absolute atomic E-state index is 0.0430. The summed E-state index contributed by atoms with van der Waals surface area (Å²) >= 11 is 0. The number of aromatic nitrogens is 2. The number of carbonyl (C=O) groups excluding carboxylic acids is 1. The third-order valence-electron chi connectivity index (χ3n) is 2.85. The molecule has 0 bridgehead atoms. The molecule has 7 nitrogen and oxygen atoms in total. The number of hydrogen-bond donors (Lipinski definition) is 1. The summed E-state index contributed by atoms with van der Waals surface area (Å²) in [7, 11) is 1.24. The van der Waals surface area contributed by atoms with Crippen molar-refractivity contribution in [3.05, 3.63) is 35.2 Å². The number of hydrogen-bond acceptors (Lipinski definition) is 6. The monoisotopic (exact) mass is 288 g/mol. The van der Waals surface area contributed by atoms with Gasteiger partial charge in [0.15, 0.2) is 0 Å². The Bertz CT molecular complexity index is 647. The van der Waals surface area contributed by atoms with Gasteiger partial charge >= 0.3 is 5.97 Å². The van der Waals surface area contributed by atoms with E-state index in [2.05, 4.69) is 10.3 Å². The Morgan fingerprint density at radius 3 is 2.86 bits per heavy atom. The van der Waals surface area contributed by atoms with Crippen molar-refractivity contribution in [1.29, 1.82) is 5.26 Å². The Hall–Kier alpha value is -2.88. The van der Waals surface area contributed by atoms with Gasteiger partial charge in [-0.25, -0.2) is 4.79 Å². The number of oxime groups is 1. The molecule has 1 aromatic rings. The Morgan fingerprint density at radius 2 is 2.38 bits per heavy atom. The third-order valence-corrected chi connectivity index (χ3v) is 2.85. The molecule has 0 aliphatic carbocycles. The van der Waals surface area contributed by atoms with Crippen LogP contribution in [0.1, 0.15) is 19.4 Å². The van der Waals surface area contributed by atoms with Crippen molar-refractivity contribution in [2.75, 3.05) is 7.11 Å². The quantitative estimate of drug-likeness (QED) is 0.169. The number of carbonyl (C=O) groups is 1. The second-order valence-electron chi connectivity index (χ2n) is 4.03. The van der Waals surface area contributed by atoms with E-state index in [1.807, 2.05) is 13.0 Å². The molecule has 1 heterocycles. The van der Waals surface area contributed by atoms with Crippen LogP contribution < -0.4 is 0 Å². The molecule has 110 valence electrons. The maximum atomic E-state index is 12.0. The van der Waals surface area contributed by atoms with Gasteiger partial charge < -0.3 is 9.94 Å². The molecule has 0 amide bonds. The lowest BCUT2D eigenvalue weighted by molar-refractivity contribution is -0.135.